The van der Waals surface area contributed by atoms with Crippen LogP contribution in [0.2, 0.25) is 0 Å². The van der Waals surface area contributed by atoms with E-state index in [1.54, 1.807) is 0 Å². The lowest BCUT2D eigenvalue weighted by Crippen LogP contribution is -2.50. The van der Waals surface area contributed by atoms with Gasteiger partial charge in [0.2, 0.25) is 11.8 Å². The second-order valence-corrected chi connectivity index (χ2v) is 7.73. The van der Waals surface area contributed by atoms with E-state index < -0.39 is 0 Å². The molecule has 1 unspecified atom stereocenters. The maximum atomic E-state index is 12.9. The van der Waals surface area contributed by atoms with E-state index in [4.69, 9.17) is 0 Å². The van der Waals surface area contributed by atoms with E-state index >= 15 is 0 Å². The quantitative estimate of drug-likeness (QED) is 0.736. The molecule has 3 rings (SSSR count). The highest BCUT2D eigenvalue weighted by Gasteiger charge is 2.68. The lowest BCUT2D eigenvalue weighted by atomic mass is 10.0. The number of nitrogens with zero attached hydrogens (tertiary/aromatic N) is 2. The van der Waals surface area contributed by atoms with Crippen molar-refractivity contribution in [2.75, 3.05) is 13.1 Å². The normalized spacial score (nSPS) is 32.9. The van der Waals surface area contributed by atoms with Gasteiger partial charge >= 0.3 is 0 Å². The number of rotatable bonds is 1. The molecule has 0 aromatic carbocycles. The Morgan fingerprint density at radius 3 is 2.20 bits per heavy atom. The third-order valence-corrected chi connectivity index (χ3v) is 6.21. The Morgan fingerprint density at radius 1 is 0.950 bits per heavy atom. The van der Waals surface area contributed by atoms with E-state index in [9.17, 15) is 9.59 Å². The van der Waals surface area contributed by atoms with Gasteiger partial charge in [0.25, 0.3) is 0 Å². The fraction of sp³-hybridized carbons (Fsp3) is 0.875. The van der Waals surface area contributed by atoms with Gasteiger partial charge in [-0.05, 0) is 30.1 Å². The van der Waals surface area contributed by atoms with Crippen LogP contribution >= 0.6 is 0 Å². The van der Waals surface area contributed by atoms with Gasteiger partial charge in [-0.15, -0.1) is 0 Å². The van der Waals surface area contributed by atoms with Gasteiger partial charge in [0.05, 0.1) is 0 Å². The molecule has 0 aromatic rings. The maximum absolute atomic E-state index is 12.9. The molecule has 112 valence electrons. The van der Waals surface area contributed by atoms with Crippen LogP contribution in [0.1, 0.15) is 53.4 Å². The molecule has 0 bridgehead atoms. The molecule has 3 aliphatic rings. The number of piperidine rings is 1. The van der Waals surface area contributed by atoms with Gasteiger partial charge in [-0.25, -0.2) is 0 Å². The molecule has 4 nitrogen and oxygen atoms in total. The second-order valence-electron chi connectivity index (χ2n) is 7.73. The second kappa shape index (κ2) is 4.22. The third kappa shape index (κ3) is 1.73. The summed E-state index contributed by atoms with van der Waals surface area (Å²) in [5.74, 6) is 0.362. The van der Waals surface area contributed by atoms with Gasteiger partial charge in [0.1, 0.15) is 6.04 Å². The van der Waals surface area contributed by atoms with E-state index in [0.29, 0.717) is 13.0 Å². The van der Waals surface area contributed by atoms with E-state index in [1.807, 2.05) is 9.80 Å². The molecular weight excluding hydrogens is 252 g/mol. The fourth-order valence-electron chi connectivity index (χ4n) is 4.35. The first-order chi connectivity index (χ1) is 9.28. The Labute approximate surface area is 121 Å². The van der Waals surface area contributed by atoms with Gasteiger partial charge in [-0.2, -0.15) is 0 Å². The minimum Gasteiger partial charge on any atom is -0.336 e. The van der Waals surface area contributed by atoms with Crippen LogP contribution in [0.15, 0.2) is 0 Å². The van der Waals surface area contributed by atoms with Crippen molar-refractivity contribution in [2.24, 2.45) is 10.8 Å². The third-order valence-electron chi connectivity index (χ3n) is 6.21. The lowest BCUT2D eigenvalue weighted by Gasteiger charge is -2.35. The first kappa shape index (κ1) is 13.9. The van der Waals surface area contributed by atoms with Crippen molar-refractivity contribution in [2.45, 2.75) is 65.5 Å². The summed E-state index contributed by atoms with van der Waals surface area (Å²) >= 11 is 0. The summed E-state index contributed by atoms with van der Waals surface area (Å²) in [7, 11) is 0. The number of fused-ring (bicyclic) bond motifs is 1. The zero-order valence-electron chi connectivity index (χ0n) is 13.1. The maximum Gasteiger partial charge on any atom is 0.245 e. The van der Waals surface area contributed by atoms with Crippen LogP contribution in [0.25, 0.3) is 0 Å². The van der Waals surface area contributed by atoms with Crippen LogP contribution in [-0.4, -0.2) is 46.8 Å². The van der Waals surface area contributed by atoms with Gasteiger partial charge in [-0.3, -0.25) is 9.59 Å². The molecular formula is C16H26N2O2. The van der Waals surface area contributed by atoms with E-state index in [1.165, 1.54) is 0 Å². The van der Waals surface area contributed by atoms with Crippen molar-refractivity contribution >= 4 is 11.8 Å². The Morgan fingerprint density at radius 2 is 1.60 bits per heavy atom. The largest absolute Gasteiger partial charge is 0.336 e. The average Bonchev–Trinajstić information content (AvgIpc) is 2.84. The lowest BCUT2D eigenvalue weighted by molar-refractivity contribution is -0.143. The zero-order valence-corrected chi connectivity index (χ0v) is 13.1. The SMILES string of the molecule is CC1(C)C(N2CCC(=O)N3CCCCC3C2=O)C1(C)C. The molecule has 2 saturated heterocycles. The van der Waals surface area contributed by atoms with Gasteiger partial charge < -0.3 is 9.80 Å². The number of carbonyl (C=O) groups excluding carboxylic acids is 2. The predicted octanol–water partition coefficient (Wildman–Crippen LogP) is 2.03. The van der Waals surface area contributed by atoms with Crippen LogP contribution in [0.3, 0.4) is 0 Å². The van der Waals surface area contributed by atoms with Crippen LogP contribution in [0.4, 0.5) is 0 Å². The number of hydrogen-bond acceptors (Lipinski definition) is 2. The first-order valence-electron chi connectivity index (χ1n) is 7.88. The molecule has 1 atom stereocenters. The highest BCUT2D eigenvalue weighted by atomic mass is 16.2. The van der Waals surface area contributed by atoms with Crippen molar-refractivity contribution in [3.05, 3.63) is 0 Å². The molecule has 2 aliphatic heterocycles. The topological polar surface area (TPSA) is 40.6 Å². The van der Waals surface area contributed by atoms with E-state index in [0.717, 1.165) is 25.8 Å². The molecule has 0 aromatic heterocycles. The molecule has 20 heavy (non-hydrogen) atoms. The molecule has 3 fully saturated rings. The zero-order chi connectivity index (χ0) is 14.7. The molecule has 1 aliphatic carbocycles. The summed E-state index contributed by atoms with van der Waals surface area (Å²) < 4.78 is 0. The van der Waals surface area contributed by atoms with Crippen LogP contribution < -0.4 is 0 Å². The molecule has 2 amide bonds. The number of hydrogen-bond donors (Lipinski definition) is 0. The summed E-state index contributed by atoms with van der Waals surface area (Å²) in [6.07, 6.45) is 3.43. The Bertz CT molecular complexity index is 441. The van der Waals surface area contributed by atoms with Gasteiger partial charge in [0, 0.05) is 25.6 Å². The Hall–Kier alpha value is -1.06. The molecule has 4 heteroatoms. The van der Waals surface area contributed by atoms with Gasteiger partial charge in [0.15, 0.2) is 0 Å². The molecule has 0 radical (unpaired) electrons. The van der Waals surface area contributed by atoms with Crippen molar-refractivity contribution in [3.8, 4) is 0 Å². The number of carbonyl (C=O) groups is 2. The Kier molecular flexibility index (Phi) is 2.93. The van der Waals surface area contributed by atoms with Crippen LogP contribution in [-0.2, 0) is 9.59 Å². The molecule has 1 saturated carbocycles. The summed E-state index contributed by atoms with van der Waals surface area (Å²) in [5.41, 5.74) is 0.297. The summed E-state index contributed by atoms with van der Waals surface area (Å²) in [6, 6.07) is 0.0862. The summed E-state index contributed by atoms with van der Waals surface area (Å²) in [6.45, 7) is 10.3. The smallest absolute Gasteiger partial charge is 0.245 e. The van der Waals surface area contributed by atoms with E-state index in [2.05, 4.69) is 27.7 Å². The minimum absolute atomic E-state index is 0.148. The van der Waals surface area contributed by atoms with Crippen molar-refractivity contribution in [1.29, 1.82) is 0 Å². The van der Waals surface area contributed by atoms with Crippen molar-refractivity contribution < 1.29 is 9.59 Å². The monoisotopic (exact) mass is 278 g/mol. The van der Waals surface area contributed by atoms with Crippen LogP contribution in [0, 0.1) is 10.8 Å². The standard InChI is InChI=1S/C16H26N2O2/c1-15(2)14(16(15,3)4)18-10-8-12(19)17-9-6-5-7-11(17)13(18)20/h11,14H,5-10H2,1-4H3. The van der Waals surface area contributed by atoms with Crippen LogP contribution in [0.5, 0.6) is 0 Å². The Balaban J connectivity index is 1.87. The highest BCUT2D eigenvalue weighted by Crippen LogP contribution is 2.65. The fourth-order valence-corrected chi connectivity index (χ4v) is 4.35. The first-order valence-corrected chi connectivity index (χ1v) is 7.88. The molecule has 2 heterocycles. The van der Waals surface area contributed by atoms with Crippen molar-refractivity contribution in [1.82, 2.24) is 9.80 Å². The summed E-state index contributed by atoms with van der Waals surface area (Å²) in [4.78, 5) is 29.0. The molecule has 0 spiro atoms. The minimum atomic E-state index is -0.189. The van der Waals surface area contributed by atoms with E-state index in [-0.39, 0.29) is 34.7 Å². The predicted molar refractivity (Wildman–Crippen MR) is 77.0 cm³/mol. The van der Waals surface area contributed by atoms with Crippen molar-refractivity contribution in [3.63, 3.8) is 0 Å². The molecule has 0 N–H and O–H groups in total. The average molecular weight is 278 g/mol. The van der Waals surface area contributed by atoms with Gasteiger partial charge in [-0.1, -0.05) is 27.7 Å². The summed E-state index contributed by atoms with van der Waals surface area (Å²) in [5, 5.41) is 0. The highest BCUT2D eigenvalue weighted by molar-refractivity contribution is 5.90. The number of amides is 2.